The summed E-state index contributed by atoms with van der Waals surface area (Å²) >= 11 is 0. The zero-order valence-corrected chi connectivity index (χ0v) is 13.4. The summed E-state index contributed by atoms with van der Waals surface area (Å²) in [6.45, 7) is 6.01. The molecular formula is C16H22N2O2S. The van der Waals surface area contributed by atoms with E-state index < -0.39 is 10.0 Å². The highest BCUT2D eigenvalue weighted by Gasteiger charge is 2.22. The van der Waals surface area contributed by atoms with Gasteiger partial charge in [0.15, 0.2) is 0 Å². The van der Waals surface area contributed by atoms with Crippen LogP contribution in [0.4, 0.5) is 5.69 Å². The third-order valence-corrected chi connectivity index (χ3v) is 5.25. The molecule has 0 aliphatic carbocycles. The van der Waals surface area contributed by atoms with Crippen LogP contribution in [0.3, 0.4) is 0 Å². The van der Waals surface area contributed by atoms with E-state index in [1.54, 1.807) is 30.3 Å². The van der Waals surface area contributed by atoms with Crippen LogP contribution in [0.1, 0.15) is 27.2 Å². The zero-order chi connectivity index (χ0) is 15.6. The number of sulfonamides is 1. The lowest BCUT2D eigenvalue weighted by atomic mass is 10.0. The van der Waals surface area contributed by atoms with Crippen LogP contribution in [-0.4, -0.2) is 14.5 Å². The summed E-state index contributed by atoms with van der Waals surface area (Å²) in [7, 11) is -3.55. The van der Waals surface area contributed by atoms with Crippen LogP contribution in [0.2, 0.25) is 0 Å². The van der Waals surface area contributed by atoms with Crippen LogP contribution in [0.5, 0.6) is 0 Å². The first-order chi connectivity index (χ1) is 9.85. The molecule has 0 saturated heterocycles. The number of nitrogens with two attached hydrogens (primary N) is 1. The molecule has 2 aromatic rings. The van der Waals surface area contributed by atoms with Crippen molar-refractivity contribution < 1.29 is 8.42 Å². The lowest BCUT2D eigenvalue weighted by molar-refractivity contribution is 0.437. The van der Waals surface area contributed by atoms with E-state index in [1.807, 2.05) is 26.8 Å². The van der Waals surface area contributed by atoms with Crippen molar-refractivity contribution in [1.82, 2.24) is 4.72 Å². The van der Waals surface area contributed by atoms with Gasteiger partial charge in [-0.15, -0.1) is 0 Å². The number of nitrogens with one attached hydrogen (secondary N) is 1. The van der Waals surface area contributed by atoms with Gasteiger partial charge in [-0.3, -0.25) is 0 Å². The van der Waals surface area contributed by atoms with Crippen molar-refractivity contribution >= 4 is 26.5 Å². The Labute approximate surface area is 126 Å². The standard InChI is InChI=1S/C16H22N2O2S/c1-4-15(11(2)3)18-21(19,20)16-7-5-6-12-10-13(17)8-9-14(12)16/h5-11,15,18H,4,17H2,1-3H3. The van der Waals surface area contributed by atoms with E-state index in [-0.39, 0.29) is 12.0 Å². The third kappa shape index (κ3) is 3.36. The molecule has 0 heterocycles. The van der Waals surface area contributed by atoms with E-state index in [0.717, 1.165) is 11.8 Å². The third-order valence-electron chi connectivity index (χ3n) is 3.71. The van der Waals surface area contributed by atoms with Crippen molar-refractivity contribution in [2.75, 3.05) is 5.73 Å². The second kappa shape index (κ2) is 6.03. The van der Waals surface area contributed by atoms with Crippen LogP contribution >= 0.6 is 0 Å². The predicted molar refractivity (Wildman–Crippen MR) is 87.6 cm³/mol. The maximum atomic E-state index is 12.7. The number of anilines is 1. The largest absolute Gasteiger partial charge is 0.399 e. The topological polar surface area (TPSA) is 72.2 Å². The first-order valence-corrected chi connectivity index (χ1v) is 8.64. The first-order valence-electron chi connectivity index (χ1n) is 7.15. The zero-order valence-electron chi connectivity index (χ0n) is 12.6. The Morgan fingerprint density at radius 2 is 1.90 bits per heavy atom. The molecule has 0 fully saturated rings. The Morgan fingerprint density at radius 3 is 2.52 bits per heavy atom. The summed E-state index contributed by atoms with van der Waals surface area (Å²) < 4.78 is 28.1. The van der Waals surface area contributed by atoms with E-state index in [2.05, 4.69) is 4.72 Å². The number of fused-ring (bicyclic) bond motifs is 1. The van der Waals surface area contributed by atoms with Crippen molar-refractivity contribution in [3.8, 4) is 0 Å². The molecule has 0 aliphatic rings. The fraction of sp³-hybridized carbons (Fsp3) is 0.375. The minimum Gasteiger partial charge on any atom is -0.399 e. The van der Waals surface area contributed by atoms with Crippen molar-refractivity contribution in [2.24, 2.45) is 5.92 Å². The van der Waals surface area contributed by atoms with Gasteiger partial charge >= 0.3 is 0 Å². The smallest absolute Gasteiger partial charge is 0.241 e. The summed E-state index contributed by atoms with van der Waals surface area (Å²) in [6.07, 6.45) is 0.759. The van der Waals surface area contributed by atoms with Gasteiger partial charge in [0.05, 0.1) is 4.90 Å². The quantitative estimate of drug-likeness (QED) is 0.834. The van der Waals surface area contributed by atoms with Crippen molar-refractivity contribution in [3.63, 3.8) is 0 Å². The van der Waals surface area contributed by atoms with Gasteiger partial charge in [-0.1, -0.05) is 39.0 Å². The molecule has 5 heteroatoms. The Hall–Kier alpha value is -1.59. The van der Waals surface area contributed by atoms with Crippen molar-refractivity contribution in [3.05, 3.63) is 36.4 Å². The molecule has 114 valence electrons. The second-order valence-electron chi connectivity index (χ2n) is 5.62. The molecule has 0 aromatic heterocycles. The highest BCUT2D eigenvalue weighted by atomic mass is 32.2. The van der Waals surface area contributed by atoms with Gasteiger partial charge in [0.2, 0.25) is 10.0 Å². The molecule has 2 rings (SSSR count). The van der Waals surface area contributed by atoms with Crippen LogP contribution in [-0.2, 0) is 10.0 Å². The molecule has 0 radical (unpaired) electrons. The summed E-state index contributed by atoms with van der Waals surface area (Å²) in [5.41, 5.74) is 6.38. The van der Waals surface area contributed by atoms with Crippen LogP contribution in [0.25, 0.3) is 10.8 Å². The molecule has 21 heavy (non-hydrogen) atoms. The Balaban J connectivity index is 2.50. The maximum Gasteiger partial charge on any atom is 0.241 e. The number of benzene rings is 2. The van der Waals surface area contributed by atoms with Crippen LogP contribution in [0, 0.1) is 5.92 Å². The summed E-state index contributed by atoms with van der Waals surface area (Å²) in [6, 6.07) is 10.4. The second-order valence-corrected chi connectivity index (χ2v) is 7.30. The van der Waals surface area contributed by atoms with Gasteiger partial charge < -0.3 is 5.73 Å². The maximum absolute atomic E-state index is 12.7. The van der Waals surface area contributed by atoms with Gasteiger partial charge in [-0.2, -0.15) is 0 Å². The molecule has 2 aromatic carbocycles. The normalized spacial score (nSPS) is 13.7. The minimum absolute atomic E-state index is 0.0703. The number of rotatable bonds is 5. The molecule has 0 spiro atoms. The Bertz CT molecular complexity index is 739. The molecule has 1 atom stereocenters. The summed E-state index contributed by atoms with van der Waals surface area (Å²) in [5, 5.41) is 1.52. The molecule has 3 N–H and O–H groups in total. The molecule has 0 bridgehead atoms. The first kappa shape index (κ1) is 15.8. The Kier molecular flexibility index (Phi) is 4.54. The van der Waals surface area contributed by atoms with Gasteiger partial charge in [0, 0.05) is 17.1 Å². The summed E-state index contributed by atoms with van der Waals surface area (Å²) in [5.74, 6) is 0.246. The van der Waals surface area contributed by atoms with Crippen molar-refractivity contribution in [2.45, 2.75) is 38.1 Å². The van der Waals surface area contributed by atoms with Gasteiger partial charge in [-0.25, -0.2) is 13.1 Å². The molecule has 0 amide bonds. The van der Waals surface area contributed by atoms with Crippen LogP contribution in [0.15, 0.2) is 41.3 Å². The fourth-order valence-corrected chi connectivity index (χ4v) is 4.16. The molecular weight excluding hydrogens is 284 g/mol. The molecule has 0 aliphatic heterocycles. The monoisotopic (exact) mass is 306 g/mol. The van der Waals surface area contributed by atoms with E-state index in [4.69, 9.17) is 5.73 Å². The van der Waals surface area contributed by atoms with E-state index >= 15 is 0 Å². The number of nitrogen functional groups attached to an aromatic ring is 1. The van der Waals surface area contributed by atoms with E-state index in [1.165, 1.54) is 0 Å². The fourth-order valence-electron chi connectivity index (χ4n) is 2.46. The molecule has 4 nitrogen and oxygen atoms in total. The van der Waals surface area contributed by atoms with Gasteiger partial charge in [0.1, 0.15) is 0 Å². The average molecular weight is 306 g/mol. The molecule has 0 saturated carbocycles. The van der Waals surface area contributed by atoms with Crippen LogP contribution < -0.4 is 10.5 Å². The van der Waals surface area contributed by atoms with Gasteiger partial charge in [0.25, 0.3) is 0 Å². The predicted octanol–water partition coefficient (Wildman–Crippen LogP) is 3.13. The minimum atomic E-state index is -3.55. The molecule has 1 unspecified atom stereocenters. The lowest BCUT2D eigenvalue weighted by Crippen LogP contribution is -2.38. The van der Waals surface area contributed by atoms with Gasteiger partial charge in [-0.05, 0) is 35.9 Å². The highest BCUT2D eigenvalue weighted by Crippen LogP contribution is 2.25. The summed E-state index contributed by atoms with van der Waals surface area (Å²) in [4.78, 5) is 0.305. The van der Waals surface area contributed by atoms with E-state index in [9.17, 15) is 8.42 Å². The average Bonchev–Trinajstić information content (AvgIpc) is 2.43. The van der Waals surface area contributed by atoms with E-state index in [0.29, 0.717) is 16.0 Å². The number of hydrogen-bond acceptors (Lipinski definition) is 3. The number of hydrogen-bond donors (Lipinski definition) is 2. The lowest BCUT2D eigenvalue weighted by Gasteiger charge is -2.21. The SMILES string of the molecule is CCC(NS(=O)(=O)c1cccc2cc(N)ccc12)C(C)C. The highest BCUT2D eigenvalue weighted by molar-refractivity contribution is 7.89. The Morgan fingerprint density at radius 1 is 1.19 bits per heavy atom. The van der Waals surface area contributed by atoms with Crippen molar-refractivity contribution in [1.29, 1.82) is 0 Å².